The van der Waals surface area contributed by atoms with Crippen molar-refractivity contribution in [2.24, 2.45) is 5.41 Å². The molecule has 1 aromatic rings. The van der Waals surface area contributed by atoms with E-state index in [4.69, 9.17) is 16.3 Å². The molecule has 1 nitrogen and oxygen atoms in total. The van der Waals surface area contributed by atoms with Crippen LogP contribution in [-0.4, -0.2) is 7.11 Å². The van der Waals surface area contributed by atoms with Crippen molar-refractivity contribution < 1.29 is 4.74 Å². The molecule has 2 rings (SSSR count). The molecule has 1 aromatic carbocycles. The summed E-state index contributed by atoms with van der Waals surface area (Å²) in [5.41, 5.74) is 1.65. The summed E-state index contributed by atoms with van der Waals surface area (Å²) in [6.07, 6.45) is 2.57. The predicted molar refractivity (Wildman–Crippen MR) is 67.0 cm³/mol. The Labute approximate surface area is 104 Å². The lowest BCUT2D eigenvalue weighted by molar-refractivity contribution is 0.414. The number of methoxy groups -OCH3 is 1. The highest BCUT2D eigenvalue weighted by Gasteiger charge is 2.44. The van der Waals surface area contributed by atoms with Crippen LogP contribution in [0.4, 0.5) is 0 Å². The largest absolute Gasteiger partial charge is 0.495 e. The summed E-state index contributed by atoms with van der Waals surface area (Å²) < 4.78 is 5.13. The second kappa shape index (κ2) is 3.99. The van der Waals surface area contributed by atoms with Gasteiger partial charge in [-0.1, -0.05) is 40.5 Å². The second-order valence-electron chi connectivity index (χ2n) is 4.41. The molecule has 0 bridgehead atoms. The van der Waals surface area contributed by atoms with Crippen LogP contribution in [0.5, 0.6) is 5.75 Å². The summed E-state index contributed by atoms with van der Waals surface area (Å²) in [6.45, 7) is 2.30. The predicted octanol–water partition coefficient (Wildman–Crippen LogP) is 4.58. The van der Waals surface area contributed by atoms with Gasteiger partial charge in [0.15, 0.2) is 0 Å². The molecule has 1 aliphatic carbocycles. The van der Waals surface area contributed by atoms with E-state index in [0.717, 1.165) is 5.75 Å². The molecule has 0 heterocycles. The first kappa shape index (κ1) is 11.3. The van der Waals surface area contributed by atoms with Gasteiger partial charge in [-0.25, -0.2) is 0 Å². The van der Waals surface area contributed by atoms with Gasteiger partial charge in [-0.2, -0.15) is 0 Å². The zero-order valence-corrected chi connectivity index (χ0v) is 11.2. The van der Waals surface area contributed by atoms with E-state index in [1.807, 2.05) is 12.1 Å². The van der Waals surface area contributed by atoms with Crippen molar-refractivity contribution in [2.45, 2.75) is 24.6 Å². The molecule has 1 atom stereocenters. The van der Waals surface area contributed by atoms with Crippen LogP contribution in [0.25, 0.3) is 0 Å². The molecule has 0 N–H and O–H groups in total. The minimum absolute atomic E-state index is 0.397. The van der Waals surface area contributed by atoms with E-state index in [-0.39, 0.29) is 0 Å². The summed E-state index contributed by atoms with van der Waals surface area (Å²) in [6, 6.07) is 5.99. The quantitative estimate of drug-likeness (QED) is 0.740. The van der Waals surface area contributed by atoms with Gasteiger partial charge in [0.1, 0.15) is 5.75 Å². The third-order valence-electron chi connectivity index (χ3n) is 3.12. The van der Waals surface area contributed by atoms with Crippen molar-refractivity contribution in [3.05, 3.63) is 28.8 Å². The Kier molecular flexibility index (Phi) is 3.00. The van der Waals surface area contributed by atoms with Gasteiger partial charge in [-0.05, 0) is 36.0 Å². The van der Waals surface area contributed by atoms with Crippen molar-refractivity contribution >= 4 is 27.5 Å². The van der Waals surface area contributed by atoms with Crippen LogP contribution in [-0.2, 0) is 0 Å². The molecular weight excluding hydrogens is 275 g/mol. The minimum atomic E-state index is 0.397. The van der Waals surface area contributed by atoms with E-state index < -0.39 is 0 Å². The molecule has 0 radical (unpaired) electrons. The first-order valence-electron chi connectivity index (χ1n) is 5.04. The number of benzene rings is 1. The molecule has 15 heavy (non-hydrogen) atoms. The maximum Gasteiger partial charge on any atom is 0.137 e. The zero-order chi connectivity index (χ0) is 11.1. The Morgan fingerprint density at radius 1 is 1.47 bits per heavy atom. The molecule has 1 fully saturated rings. The van der Waals surface area contributed by atoms with Crippen LogP contribution in [0.3, 0.4) is 0 Å². The second-order valence-corrected chi connectivity index (χ2v) is 5.73. The highest BCUT2D eigenvalue weighted by Crippen LogP contribution is 2.58. The molecule has 1 unspecified atom stereocenters. The Morgan fingerprint density at radius 2 is 2.13 bits per heavy atom. The summed E-state index contributed by atoms with van der Waals surface area (Å²) >= 11 is 9.85. The molecule has 0 spiro atoms. The Balaban J connectivity index is 2.26. The fourth-order valence-electron chi connectivity index (χ4n) is 1.69. The maximum absolute atomic E-state index is 6.10. The smallest absolute Gasteiger partial charge is 0.137 e. The standard InChI is InChI=1S/C12H14BrClO/c1-12(5-6-12)11(13)8-3-4-10(15-2)9(14)7-8/h3-4,7,11H,5-6H2,1-2H3. The first-order chi connectivity index (χ1) is 7.07. The van der Waals surface area contributed by atoms with Gasteiger partial charge in [-0.3, -0.25) is 0 Å². The molecule has 0 aliphatic heterocycles. The van der Waals surface area contributed by atoms with Crippen molar-refractivity contribution in [1.82, 2.24) is 0 Å². The van der Waals surface area contributed by atoms with E-state index in [1.165, 1.54) is 18.4 Å². The average Bonchev–Trinajstić information content (AvgIpc) is 2.96. The van der Waals surface area contributed by atoms with E-state index in [2.05, 4.69) is 28.9 Å². The highest BCUT2D eigenvalue weighted by atomic mass is 79.9. The topological polar surface area (TPSA) is 9.23 Å². The van der Waals surface area contributed by atoms with E-state index in [1.54, 1.807) is 7.11 Å². The van der Waals surface area contributed by atoms with E-state index in [9.17, 15) is 0 Å². The maximum atomic E-state index is 6.10. The molecule has 0 aromatic heterocycles. The molecule has 0 amide bonds. The number of halogens is 2. The zero-order valence-electron chi connectivity index (χ0n) is 8.89. The van der Waals surface area contributed by atoms with Crippen molar-refractivity contribution in [3.63, 3.8) is 0 Å². The Hall–Kier alpha value is -0.210. The summed E-state index contributed by atoms with van der Waals surface area (Å²) in [5.74, 6) is 0.737. The van der Waals surface area contributed by atoms with Crippen LogP contribution < -0.4 is 4.74 Å². The lowest BCUT2D eigenvalue weighted by Gasteiger charge is -2.18. The fraction of sp³-hybridized carbons (Fsp3) is 0.500. The number of rotatable bonds is 3. The van der Waals surface area contributed by atoms with Gasteiger partial charge in [0.05, 0.1) is 12.1 Å². The molecule has 3 heteroatoms. The minimum Gasteiger partial charge on any atom is -0.495 e. The average molecular weight is 290 g/mol. The van der Waals surface area contributed by atoms with Gasteiger partial charge in [0, 0.05) is 4.83 Å². The normalized spacial score (nSPS) is 19.7. The highest BCUT2D eigenvalue weighted by molar-refractivity contribution is 9.09. The van der Waals surface area contributed by atoms with Gasteiger partial charge in [0.2, 0.25) is 0 Å². The first-order valence-corrected chi connectivity index (χ1v) is 6.34. The van der Waals surface area contributed by atoms with Crippen molar-refractivity contribution in [3.8, 4) is 5.75 Å². The molecule has 82 valence electrons. The molecule has 1 saturated carbocycles. The molecule has 1 aliphatic rings. The van der Waals surface area contributed by atoms with Gasteiger partial charge >= 0.3 is 0 Å². The lowest BCUT2D eigenvalue weighted by atomic mass is 9.98. The monoisotopic (exact) mass is 288 g/mol. The third-order valence-corrected chi connectivity index (χ3v) is 5.05. The van der Waals surface area contributed by atoms with E-state index in [0.29, 0.717) is 15.3 Å². The number of ether oxygens (including phenoxy) is 1. The summed E-state index contributed by atoms with van der Waals surface area (Å²) in [5, 5.41) is 0.684. The van der Waals surface area contributed by atoms with E-state index >= 15 is 0 Å². The summed E-state index contributed by atoms with van der Waals surface area (Å²) in [7, 11) is 1.63. The van der Waals surface area contributed by atoms with Crippen molar-refractivity contribution in [1.29, 1.82) is 0 Å². The van der Waals surface area contributed by atoms with Gasteiger partial charge in [0.25, 0.3) is 0 Å². The van der Waals surface area contributed by atoms with Crippen molar-refractivity contribution in [2.75, 3.05) is 7.11 Å². The molecular formula is C12H14BrClO. The van der Waals surface area contributed by atoms with Crippen LogP contribution in [0.2, 0.25) is 5.02 Å². The number of hydrogen-bond acceptors (Lipinski definition) is 1. The Bertz CT molecular complexity index is 374. The van der Waals surface area contributed by atoms with Crippen LogP contribution in [0, 0.1) is 5.41 Å². The number of alkyl halides is 1. The Morgan fingerprint density at radius 3 is 2.60 bits per heavy atom. The fourth-order valence-corrected chi connectivity index (χ4v) is 2.70. The summed E-state index contributed by atoms with van der Waals surface area (Å²) in [4.78, 5) is 0.397. The van der Waals surface area contributed by atoms with Crippen LogP contribution >= 0.6 is 27.5 Å². The van der Waals surface area contributed by atoms with Gasteiger partial charge in [-0.15, -0.1) is 0 Å². The van der Waals surface area contributed by atoms with Gasteiger partial charge < -0.3 is 4.74 Å². The number of hydrogen-bond donors (Lipinski definition) is 0. The third kappa shape index (κ3) is 2.16. The van der Waals surface area contributed by atoms with Crippen LogP contribution in [0.1, 0.15) is 30.2 Å². The van der Waals surface area contributed by atoms with Crippen LogP contribution in [0.15, 0.2) is 18.2 Å². The lowest BCUT2D eigenvalue weighted by Crippen LogP contribution is -2.03. The SMILES string of the molecule is COc1ccc(C(Br)C2(C)CC2)cc1Cl. The molecule has 0 saturated heterocycles.